The molecule has 0 aliphatic heterocycles. The molecule has 1 amide bonds. The van der Waals surface area contributed by atoms with Crippen molar-refractivity contribution in [2.45, 2.75) is 0 Å². The van der Waals surface area contributed by atoms with E-state index in [1.165, 1.54) is 6.07 Å². The minimum atomic E-state index is -0.433. The third-order valence-electron chi connectivity index (χ3n) is 3.64. The number of nitrogens with zero attached hydrogens (tertiary/aromatic N) is 2. The Kier molecular flexibility index (Phi) is 3.66. The van der Waals surface area contributed by atoms with Gasteiger partial charge >= 0.3 is 5.63 Å². The van der Waals surface area contributed by atoms with Crippen molar-refractivity contribution in [1.29, 1.82) is 0 Å². The Hall–Kier alpha value is -3.61. The highest BCUT2D eigenvalue weighted by Crippen LogP contribution is 2.19. The standard InChI is InChI=1S/C18H13N3O4/c22-17(20-13-3-5-16-19-7-8-21(16)10-13)11-24-14-4-1-12-2-6-18(23)25-15(12)9-14/h1-10H,11H2,(H,20,22). The number of amides is 1. The first kappa shape index (κ1) is 14.9. The van der Waals surface area contributed by atoms with Gasteiger partial charge in [0.05, 0.1) is 5.69 Å². The van der Waals surface area contributed by atoms with Gasteiger partial charge in [-0.1, -0.05) is 0 Å². The molecule has 0 aliphatic carbocycles. The molecule has 1 N–H and O–H groups in total. The van der Waals surface area contributed by atoms with Gasteiger partial charge in [-0.3, -0.25) is 4.79 Å². The summed E-state index contributed by atoms with van der Waals surface area (Å²) in [6.07, 6.45) is 5.25. The van der Waals surface area contributed by atoms with Crippen LogP contribution in [0, 0.1) is 0 Å². The number of hydrogen-bond acceptors (Lipinski definition) is 5. The molecular formula is C18H13N3O4. The summed E-state index contributed by atoms with van der Waals surface area (Å²) in [4.78, 5) is 27.4. The van der Waals surface area contributed by atoms with Crippen molar-refractivity contribution >= 4 is 28.2 Å². The predicted octanol–water partition coefficient (Wildman–Crippen LogP) is 2.46. The number of carbonyl (C=O) groups excluding carboxylic acids is 1. The van der Waals surface area contributed by atoms with Crippen molar-refractivity contribution in [1.82, 2.24) is 9.38 Å². The van der Waals surface area contributed by atoms with Crippen molar-refractivity contribution in [3.63, 3.8) is 0 Å². The lowest BCUT2D eigenvalue weighted by atomic mass is 10.2. The highest BCUT2D eigenvalue weighted by atomic mass is 16.5. The Morgan fingerprint density at radius 3 is 3.00 bits per heavy atom. The number of benzene rings is 1. The molecule has 1 aromatic carbocycles. The van der Waals surface area contributed by atoms with E-state index in [2.05, 4.69) is 10.3 Å². The van der Waals surface area contributed by atoms with Crippen LogP contribution in [-0.2, 0) is 4.79 Å². The number of nitrogens with one attached hydrogen (secondary N) is 1. The molecule has 0 radical (unpaired) electrons. The number of anilines is 1. The summed E-state index contributed by atoms with van der Waals surface area (Å²) in [7, 11) is 0. The second kappa shape index (κ2) is 6.12. The number of pyridine rings is 1. The zero-order valence-corrected chi connectivity index (χ0v) is 13.0. The highest BCUT2D eigenvalue weighted by Gasteiger charge is 2.06. The van der Waals surface area contributed by atoms with Gasteiger partial charge in [0.1, 0.15) is 17.0 Å². The molecule has 3 heterocycles. The molecule has 7 heteroatoms. The Labute approximate surface area is 141 Å². The van der Waals surface area contributed by atoms with E-state index in [4.69, 9.17) is 9.15 Å². The lowest BCUT2D eigenvalue weighted by molar-refractivity contribution is -0.118. The maximum absolute atomic E-state index is 12.0. The number of carbonyl (C=O) groups is 1. The lowest BCUT2D eigenvalue weighted by Gasteiger charge is -2.08. The Morgan fingerprint density at radius 1 is 1.20 bits per heavy atom. The summed E-state index contributed by atoms with van der Waals surface area (Å²) in [5.74, 6) is 0.149. The highest BCUT2D eigenvalue weighted by molar-refractivity contribution is 5.92. The molecule has 0 bridgehead atoms. The molecule has 0 saturated heterocycles. The number of ether oxygens (including phenoxy) is 1. The minimum Gasteiger partial charge on any atom is -0.484 e. The van der Waals surface area contributed by atoms with Crippen LogP contribution >= 0.6 is 0 Å². The van der Waals surface area contributed by atoms with Gasteiger partial charge in [-0.25, -0.2) is 9.78 Å². The zero-order chi connectivity index (χ0) is 17.2. The van der Waals surface area contributed by atoms with Crippen molar-refractivity contribution in [2.75, 3.05) is 11.9 Å². The van der Waals surface area contributed by atoms with Crippen molar-refractivity contribution in [3.8, 4) is 5.75 Å². The monoisotopic (exact) mass is 335 g/mol. The van der Waals surface area contributed by atoms with Crippen LogP contribution in [0.25, 0.3) is 16.6 Å². The van der Waals surface area contributed by atoms with Gasteiger partial charge in [-0.05, 0) is 30.3 Å². The molecule has 0 aliphatic rings. The molecule has 0 fully saturated rings. The average molecular weight is 335 g/mol. The Balaban J connectivity index is 1.43. The third kappa shape index (κ3) is 3.20. The average Bonchev–Trinajstić information content (AvgIpc) is 3.07. The molecule has 0 unspecified atom stereocenters. The summed E-state index contributed by atoms with van der Waals surface area (Å²) >= 11 is 0. The molecule has 0 saturated carbocycles. The van der Waals surface area contributed by atoms with E-state index >= 15 is 0 Å². The molecule has 7 nitrogen and oxygen atoms in total. The molecule has 4 rings (SSSR count). The fourth-order valence-electron chi connectivity index (χ4n) is 2.47. The van der Waals surface area contributed by atoms with Crippen LogP contribution in [0.2, 0.25) is 0 Å². The van der Waals surface area contributed by atoms with Crippen LogP contribution < -0.4 is 15.7 Å². The van der Waals surface area contributed by atoms with Crippen LogP contribution in [0.15, 0.2) is 70.3 Å². The molecule has 3 aromatic heterocycles. The van der Waals surface area contributed by atoms with Crippen LogP contribution in [-0.4, -0.2) is 21.9 Å². The predicted molar refractivity (Wildman–Crippen MR) is 91.8 cm³/mol. The maximum atomic E-state index is 12.0. The van der Waals surface area contributed by atoms with E-state index in [0.717, 1.165) is 11.0 Å². The van der Waals surface area contributed by atoms with E-state index < -0.39 is 5.63 Å². The van der Waals surface area contributed by atoms with Gasteiger partial charge in [0.25, 0.3) is 5.91 Å². The van der Waals surface area contributed by atoms with Gasteiger partial charge in [-0.2, -0.15) is 0 Å². The summed E-state index contributed by atoms with van der Waals surface area (Å²) in [6, 6.07) is 11.7. The van der Waals surface area contributed by atoms with Crippen molar-refractivity contribution in [2.24, 2.45) is 0 Å². The number of hydrogen-bond donors (Lipinski definition) is 1. The molecule has 25 heavy (non-hydrogen) atoms. The second-order valence-electron chi connectivity index (χ2n) is 5.40. The number of fused-ring (bicyclic) bond motifs is 2. The summed E-state index contributed by atoms with van der Waals surface area (Å²) in [5, 5.41) is 3.54. The van der Waals surface area contributed by atoms with Gasteiger partial charge in [0.2, 0.25) is 0 Å². The summed E-state index contributed by atoms with van der Waals surface area (Å²) in [5.41, 5.74) is 1.42. The molecule has 4 aromatic rings. The molecule has 0 atom stereocenters. The summed E-state index contributed by atoms with van der Waals surface area (Å²) in [6.45, 7) is -0.162. The van der Waals surface area contributed by atoms with Gasteiger partial charge < -0.3 is 18.9 Å². The first-order chi connectivity index (χ1) is 12.2. The van der Waals surface area contributed by atoms with E-state index in [-0.39, 0.29) is 12.5 Å². The summed E-state index contributed by atoms with van der Waals surface area (Å²) < 4.78 is 12.4. The zero-order valence-electron chi connectivity index (χ0n) is 13.0. The van der Waals surface area contributed by atoms with Gasteiger partial charge in [-0.15, -0.1) is 0 Å². The van der Waals surface area contributed by atoms with Crippen LogP contribution in [0.4, 0.5) is 5.69 Å². The van der Waals surface area contributed by atoms with Gasteiger partial charge in [0.15, 0.2) is 6.61 Å². The topological polar surface area (TPSA) is 85.8 Å². The maximum Gasteiger partial charge on any atom is 0.336 e. The normalized spacial score (nSPS) is 10.9. The van der Waals surface area contributed by atoms with Crippen molar-refractivity contribution < 1.29 is 13.9 Å². The van der Waals surface area contributed by atoms with E-state index in [0.29, 0.717) is 17.0 Å². The first-order valence-electron chi connectivity index (χ1n) is 7.57. The number of aromatic nitrogens is 2. The minimum absolute atomic E-state index is 0.162. The fraction of sp³-hybridized carbons (Fsp3) is 0.0556. The second-order valence-corrected chi connectivity index (χ2v) is 5.40. The van der Waals surface area contributed by atoms with Crippen LogP contribution in [0.1, 0.15) is 0 Å². The van der Waals surface area contributed by atoms with Crippen molar-refractivity contribution in [3.05, 3.63) is 71.5 Å². The van der Waals surface area contributed by atoms with E-state index in [1.54, 1.807) is 48.9 Å². The lowest BCUT2D eigenvalue weighted by Crippen LogP contribution is -2.20. The van der Waals surface area contributed by atoms with Crippen LogP contribution in [0.5, 0.6) is 5.75 Å². The smallest absolute Gasteiger partial charge is 0.336 e. The van der Waals surface area contributed by atoms with Gasteiger partial charge in [0, 0.05) is 36.1 Å². The van der Waals surface area contributed by atoms with E-state index in [9.17, 15) is 9.59 Å². The quantitative estimate of drug-likeness (QED) is 0.579. The number of imidazole rings is 1. The Morgan fingerprint density at radius 2 is 2.08 bits per heavy atom. The number of rotatable bonds is 4. The Bertz CT molecular complexity index is 1130. The molecule has 0 spiro atoms. The first-order valence-corrected chi connectivity index (χ1v) is 7.57. The largest absolute Gasteiger partial charge is 0.484 e. The van der Waals surface area contributed by atoms with E-state index in [1.807, 2.05) is 10.5 Å². The fourth-order valence-corrected chi connectivity index (χ4v) is 2.47. The van der Waals surface area contributed by atoms with Crippen LogP contribution in [0.3, 0.4) is 0 Å². The SMILES string of the molecule is O=C(COc1ccc2ccc(=O)oc2c1)Nc1ccc2nccn2c1. The molecular weight excluding hydrogens is 322 g/mol. The molecule has 124 valence electrons. The third-order valence-corrected chi connectivity index (χ3v) is 3.64.